The minimum atomic E-state index is -0.154. The molecule has 16 heavy (non-hydrogen) atoms. The smallest absolute Gasteiger partial charge is 0.126 e. The first-order valence-corrected chi connectivity index (χ1v) is 5.75. The molecule has 1 saturated heterocycles. The maximum Gasteiger partial charge on any atom is 0.126 e. The van der Waals surface area contributed by atoms with Crippen molar-refractivity contribution in [3.8, 4) is 0 Å². The largest absolute Gasteiger partial charge is 0.372 e. The van der Waals surface area contributed by atoms with E-state index in [0.29, 0.717) is 11.5 Å². The zero-order valence-electron chi connectivity index (χ0n) is 9.79. The molecule has 3 heteroatoms. The summed E-state index contributed by atoms with van der Waals surface area (Å²) >= 11 is 0. The summed E-state index contributed by atoms with van der Waals surface area (Å²) in [7, 11) is 0. The summed E-state index contributed by atoms with van der Waals surface area (Å²) in [5.74, 6) is 0.360. The Balaban J connectivity index is 2.13. The molecule has 1 aromatic rings. The molecule has 1 heterocycles. The predicted molar refractivity (Wildman–Crippen MR) is 61.9 cm³/mol. The number of nitrogens with one attached hydrogen (secondary N) is 1. The highest BCUT2D eigenvalue weighted by Gasteiger charge is 2.18. The van der Waals surface area contributed by atoms with Crippen LogP contribution in [0.15, 0.2) is 18.2 Å². The van der Waals surface area contributed by atoms with Crippen LogP contribution < -0.4 is 5.32 Å². The third-order valence-electron chi connectivity index (χ3n) is 2.97. The number of ether oxygens (including phenoxy) is 1. The van der Waals surface area contributed by atoms with Crippen LogP contribution in [0.5, 0.6) is 0 Å². The van der Waals surface area contributed by atoms with Crippen LogP contribution in [0.1, 0.15) is 24.2 Å². The third-order valence-corrected chi connectivity index (χ3v) is 2.97. The molecular weight excluding hydrogens is 205 g/mol. The van der Waals surface area contributed by atoms with Gasteiger partial charge in [0.25, 0.3) is 0 Å². The summed E-state index contributed by atoms with van der Waals surface area (Å²) in [5, 5.41) is 3.33. The van der Waals surface area contributed by atoms with Crippen molar-refractivity contribution < 1.29 is 9.13 Å². The molecule has 2 nitrogen and oxygen atoms in total. The molecule has 0 aromatic heterocycles. The molecule has 0 amide bonds. The second-order valence-electron chi connectivity index (χ2n) is 4.59. The fourth-order valence-electron chi connectivity index (χ4n) is 1.88. The van der Waals surface area contributed by atoms with E-state index in [1.807, 2.05) is 12.1 Å². The molecule has 2 unspecified atom stereocenters. The maximum atomic E-state index is 13.4. The van der Waals surface area contributed by atoms with Crippen molar-refractivity contribution in [2.75, 3.05) is 19.7 Å². The summed E-state index contributed by atoms with van der Waals surface area (Å²) in [5.41, 5.74) is 1.60. The molecule has 1 N–H and O–H groups in total. The maximum absolute atomic E-state index is 13.4. The van der Waals surface area contributed by atoms with Gasteiger partial charge in [-0.3, -0.25) is 0 Å². The fraction of sp³-hybridized carbons (Fsp3) is 0.538. The van der Waals surface area contributed by atoms with Gasteiger partial charge in [0.2, 0.25) is 0 Å². The number of hydrogen-bond acceptors (Lipinski definition) is 2. The first-order chi connectivity index (χ1) is 7.66. The summed E-state index contributed by atoms with van der Waals surface area (Å²) in [4.78, 5) is 0. The zero-order chi connectivity index (χ0) is 11.5. The second kappa shape index (κ2) is 4.93. The average Bonchev–Trinajstić information content (AvgIpc) is 2.47. The summed E-state index contributed by atoms with van der Waals surface area (Å²) in [6.07, 6.45) is -0.0277. The quantitative estimate of drug-likeness (QED) is 0.789. The average molecular weight is 223 g/mol. The Morgan fingerprint density at radius 1 is 1.38 bits per heavy atom. The number of hydrogen-bond donors (Lipinski definition) is 1. The standard InChI is InChI=1S/C13H18FNO/c1-9-6-15-7-13(16-8-9)11-4-3-10(2)12(14)5-11/h3-5,9,13,15H,6-8H2,1-2H3. The molecule has 1 aliphatic rings. The Kier molecular flexibility index (Phi) is 3.56. The highest BCUT2D eigenvalue weighted by molar-refractivity contribution is 5.25. The van der Waals surface area contributed by atoms with Gasteiger partial charge in [-0.2, -0.15) is 0 Å². The van der Waals surface area contributed by atoms with Crippen LogP contribution in [-0.4, -0.2) is 19.7 Å². The fourth-order valence-corrected chi connectivity index (χ4v) is 1.88. The van der Waals surface area contributed by atoms with Crippen LogP contribution in [0.3, 0.4) is 0 Å². The Hall–Kier alpha value is -0.930. The van der Waals surface area contributed by atoms with Crippen molar-refractivity contribution in [3.05, 3.63) is 35.1 Å². The van der Waals surface area contributed by atoms with Gasteiger partial charge in [-0.05, 0) is 30.0 Å². The minimum Gasteiger partial charge on any atom is -0.372 e. The van der Waals surface area contributed by atoms with Gasteiger partial charge in [0.05, 0.1) is 12.7 Å². The normalized spacial score (nSPS) is 26.4. The summed E-state index contributed by atoms with van der Waals surface area (Å²) < 4.78 is 19.2. The van der Waals surface area contributed by atoms with Crippen LogP contribution in [0, 0.1) is 18.7 Å². The second-order valence-corrected chi connectivity index (χ2v) is 4.59. The van der Waals surface area contributed by atoms with Crippen LogP contribution >= 0.6 is 0 Å². The first-order valence-electron chi connectivity index (χ1n) is 5.75. The zero-order valence-corrected chi connectivity index (χ0v) is 9.79. The van der Waals surface area contributed by atoms with E-state index in [0.717, 1.165) is 25.3 Å². The lowest BCUT2D eigenvalue weighted by Crippen LogP contribution is -2.22. The van der Waals surface area contributed by atoms with Crippen molar-refractivity contribution in [1.82, 2.24) is 5.32 Å². The van der Waals surface area contributed by atoms with Crippen molar-refractivity contribution in [1.29, 1.82) is 0 Å². The minimum absolute atomic E-state index is 0.0277. The van der Waals surface area contributed by atoms with Crippen molar-refractivity contribution in [2.45, 2.75) is 20.0 Å². The van der Waals surface area contributed by atoms with Gasteiger partial charge in [0, 0.05) is 13.1 Å². The van der Waals surface area contributed by atoms with Gasteiger partial charge >= 0.3 is 0 Å². The van der Waals surface area contributed by atoms with E-state index < -0.39 is 0 Å². The van der Waals surface area contributed by atoms with Crippen molar-refractivity contribution >= 4 is 0 Å². The molecule has 1 fully saturated rings. The third kappa shape index (κ3) is 2.60. The lowest BCUT2D eigenvalue weighted by Gasteiger charge is -2.16. The lowest BCUT2D eigenvalue weighted by atomic mass is 10.1. The molecule has 0 bridgehead atoms. The molecule has 0 aliphatic carbocycles. The number of halogens is 1. The Labute approximate surface area is 95.8 Å². The molecule has 88 valence electrons. The SMILES string of the molecule is Cc1ccc(C2CNCC(C)CO2)cc1F. The van der Waals surface area contributed by atoms with Crippen molar-refractivity contribution in [3.63, 3.8) is 0 Å². The van der Waals surface area contributed by atoms with Gasteiger partial charge in [-0.25, -0.2) is 4.39 Å². The van der Waals surface area contributed by atoms with Crippen molar-refractivity contribution in [2.24, 2.45) is 5.92 Å². The number of benzene rings is 1. The topological polar surface area (TPSA) is 21.3 Å². The molecule has 2 atom stereocenters. The molecule has 1 aromatic carbocycles. The monoisotopic (exact) mass is 223 g/mol. The predicted octanol–water partition coefficient (Wildman–Crippen LogP) is 2.43. The van der Waals surface area contributed by atoms with E-state index in [4.69, 9.17) is 4.74 Å². The molecule has 0 saturated carbocycles. The van der Waals surface area contributed by atoms with E-state index in [2.05, 4.69) is 12.2 Å². The summed E-state index contributed by atoms with van der Waals surface area (Å²) in [6.45, 7) is 6.36. The van der Waals surface area contributed by atoms with Crippen LogP contribution in [0.25, 0.3) is 0 Å². The summed E-state index contributed by atoms with van der Waals surface area (Å²) in [6, 6.07) is 5.33. The molecule has 0 radical (unpaired) electrons. The van der Waals surface area contributed by atoms with Gasteiger partial charge in [-0.1, -0.05) is 19.1 Å². The van der Waals surface area contributed by atoms with E-state index >= 15 is 0 Å². The van der Waals surface area contributed by atoms with Gasteiger partial charge in [-0.15, -0.1) is 0 Å². The molecule has 2 rings (SSSR count). The Bertz CT molecular complexity index is 367. The van der Waals surface area contributed by atoms with Gasteiger partial charge < -0.3 is 10.1 Å². The lowest BCUT2D eigenvalue weighted by molar-refractivity contribution is 0.0513. The van der Waals surface area contributed by atoms with E-state index in [1.165, 1.54) is 0 Å². The highest BCUT2D eigenvalue weighted by atomic mass is 19.1. The van der Waals surface area contributed by atoms with E-state index in [1.54, 1.807) is 13.0 Å². The highest BCUT2D eigenvalue weighted by Crippen LogP contribution is 2.21. The Morgan fingerprint density at radius 3 is 2.94 bits per heavy atom. The number of rotatable bonds is 1. The van der Waals surface area contributed by atoms with Gasteiger partial charge in [0.1, 0.15) is 5.82 Å². The number of aryl methyl sites for hydroxylation is 1. The van der Waals surface area contributed by atoms with Crippen LogP contribution in [-0.2, 0) is 4.74 Å². The van der Waals surface area contributed by atoms with Gasteiger partial charge in [0.15, 0.2) is 0 Å². The van der Waals surface area contributed by atoms with Crippen LogP contribution in [0.4, 0.5) is 4.39 Å². The molecular formula is C13H18FNO. The molecule has 0 spiro atoms. The van der Waals surface area contributed by atoms with E-state index in [-0.39, 0.29) is 11.9 Å². The van der Waals surface area contributed by atoms with E-state index in [9.17, 15) is 4.39 Å². The molecule has 1 aliphatic heterocycles. The Morgan fingerprint density at radius 2 is 2.19 bits per heavy atom. The van der Waals surface area contributed by atoms with Crippen LogP contribution in [0.2, 0.25) is 0 Å². The first kappa shape index (κ1) is 11.6.